The van der Waals surface area contributed by atoms with Gasteiger partial charge in [-0.2, -0.15) is 0 Å². The largest absolute Gasteiger partial charge is 0.458 e. The van der Waals surface area contributed by atoms with Crippen molar-refractivity contribution in [1.29, 1.82) is 0 Å². The van der Waals surface area contributed by atoms with Gasteiger partial charge in [-0.15, -0.1) is 0 Å². The summed E-state index contributed by atoms with van der Waals surface area (Å²) in [5.74, 6) is 0.0980. The summed E-state index contributed by atoms with van der Waals surface area (Å²) in [4.78, 5) is 28.2. The minimum atomic E-state index is -0.542. The van der Waals surface area contributed by atoms with Crippen molar-refractivity contribution in [3.8, 4) is 0 Å². The van der Waals surface area contributed by atoms with E-state index in [4.69, 9.17) is 9.26 Å². The molecule has 7 heteroatoms. The molecule has 0 bridgehead atoms. The number of para-hydroxylation sites is 1. The van der Waals surface area contributed by atoms with Gasteiger partial charge in [-0.1, -0.05) is 17.3 Å². The van der Waals surface area contributed by atoms with Gasteiger partial charge in [0.05, 0.1) is 17.2 Å². The summed E-state index contributed by atoms with van der Waals surface area (Å²) in [5, 5.41) is 4.18. The first-order chi connectivity index (χ1) is 10.6. The monoisotopic (exact) mass is 299 g/mol. The number of carbonyl (C=O) groups excluding carboxylic acids is 1. The molecule has 0 aliphatic heterocycles. The second-order valence-electron chi connectivity index (χ2n) is 4.78. The van der Waals surface area contributed by atoms with Crippen LogP contribution in [-0.2, 0) is 22.7 Å². The standard InChI is InChI=1S/C15H13N3O4/c1-10-6-11(17-22-10)8-21-14(19)7-18-9-16-13-5-3-2-4-12(13)15(18)20/h2-6,9H,7-8H2,1H3. The average molecular weight is 299 g/mol. The van der Waals surface area contributed by atoms with Gasteiger partial charge < -0.3 is 9.26 Å². The van der Waals surface area contributed by atoms with E-state index in [2.05, 4.69) is 10.1 Å². The zero-order valence-corrected chi connectivity index (χ0v) is 11.9. The topological polar surface area (TPSA) is 87.2 Å². The van der Waals surface area contributed by atoms with Crippen LogP contribution in [-0.4, -0.2) is 20.7 Å². The molecule has 0 spiro atoms. The minimum Gasteiger partial charge on any atom is -0.458 e. The molecule has 0 saturated carbocycles. The van der Waals surface area contributed by atoms with Crippen molar-refractivity contribution in [2.75, 3.05) is 0 Å². The Morgan fingerprint density at radius 2 is 2.18 bits per heavy atom. The zero-order chi connectivity index (χ0) is 15.5. The second-order valence-corrected chi connectivity index (χ2v) is 4.78. The van der Waals surface area contributed by atoms with Crippen molar-refractivity contribution in [3.05, 3.63) is 58.5 Å². The van der Waals surface area contributed by atoms with E-state index in [9.17, 15) is 9.59 Å². The number of nitrogens with zero attached hydrogens (tertiary/aromatic N) is 3. The molecular weight excluding hydrogens is 286 g/mol. The Balaban J connectivity index is 1.71. The summed E-state index contributed by atoms with van der Waals surface area (Å²) in [6, 6.07) is 8.64. The van der Waals surface area contributed by atoms with Gasteiger partial charge in [-0.25, -0.2) is 4.98 Å². The first-order valence-electron chi connectivity index (χ1n) is 6.65. The molecule has 3 aromatic rings. The quantitative estimate of drug-likeness (QED) is 0.677. The Labute approximate surface area is 125 Å². The van der Waals surface area contributed by atoms with E-state index < -0.39 is 5.97 Å². The lowest BCUT2D eigenvalue weighted by atomic mass is 10.2. The number of aryl methyl sites for hydroxylation is 1. The summed E-state index contributed by atoms with van der Waals surface area (Å²) >= 11 is 0. The summed E-state index contributed by atoms with van der Waals surface area (Å²) in [6.07, 6.45) is 1.34. The van der Waals surface area contributed by atoms with Crippen molar-refractivity contribution in [3.63, 3.8) is 0 Å². The van der Waals surface area contributed by atoms with Crippen LogP contribution in [0, 0.1) is 6.92 Å². The molecule has 0 N–H and O–H groups in total. The molecule has 0 atom stereocenters. The van der Waals surface area contributed by atoms with E-state index in [1.54, 1.807) is 37.3 Å². The third kappa shape index (κ3) is 2.88. The van der Waals surface area contributed by atoms with Crippen molar-refractivity contribution >= 4 is 16.9 Å². The SMILES string of the molecule is Cc1cc(COC(=O)Cn2cnc3ccccc3c2=O)no1. The molecule has 7 nitrogen and oxygen atoms in total. The minimum absolute atomic E-state index is 0.00589. The van der Waals surface area contributed by atoms with E-state index in [0.717, 1.165) is 0 Å². The van der Waals surface area contributed by atoms with Crippen LogP contribution in [0.2, 0.25) is 0 Å². The van der Waals surface area contributed by atoms with E-state index in [1.807, 2.05) is 0 Å². The van der Waals surface area contributed by atoms with E-state index in [1.165, 1.54) is 10.9 Å². The number of carbonyl (C=O) groups is 1. The predicted molar refractivity (Wildman–Crippen MR) is 77.0 cm³/mol. The Bertz CT molecular complexity index is 882. The molecule has 22 heavy (non-hydrogen) atoms. The number of esters is 1. The van der Waals surface area contributed by atoms with Gasteiger partial charge in [0.2, 0.25) is 0 Å². The summed E-state index contributed by atoms with van der Waals surface area (Å²) < 4.78 is 11.2. The highest BCUT2D eigenvalue weighted by molar-refractivity contribution is 5.77. The number of hydrogen-bond acceptors (Lipinski definition) is 6. The number of benzene rings is 1. The van der Waals surface area contributed by atoms with Gasteiger partial charge >= 0.3 is 5.97 Å². The lowest BCUT2D eigenvalue weighted by molar-refractivity contribution is -0.145. The molecule has 1 aromatic carbocycles. The number of fused-ring (bicyclic) bond motifs is 1. The van der Waals surface area contributed by atoms with Crippen molar-refractivity contribution in [1.82, 2.24) is 14.7 Å². The fraction of sp³-hybridized carbons (Fsp3) is 0.200. The van der Waals surface area contributed by atoms with Crippen LogP contribution in [0.5, 0.6) is 0 Å². The van der Waals surface area contributed by atoms with Crippen LogP contribution in [0.25, 0.3) is 10.9 Å². The lowest BCUT2D eigenvalue weighted by Gasteiger charge is -2.06. The zero-order valence-electron chi connectivity index (χ0n) is 11.9. The van der Waals surface area contributed by atoms with Gasteiger partial charge in [0.15, 0.2) is 0 Å². The summed E-state index contributed by atoms with van der Waals surface area (Å²) in [5.41, 5.74) is 0.838. The normalized spacial score (nSPS) is 10.8. The van der Waals surface area contributed by atoms with Crippen LogP contribution in [0.4, 0.5) is 0 Å². The van der Waals surface area contributed by atoms with Crippen LogP contribution < -0.4 is 5.56 Å². The van der Waals surface area contributed by atoms with Crippen LogP contribution >= 0.6 is 0 Å². The van der Waals surface area contributed by atoms with Gasteiger partial charge in [0.1, 0.15) is 24.6 Å². The van der Waals surface area contributed by atoms with Crippen LogP contribution in [0.3, 0.4) is 0 Å². The maximum absolute atomic E-state index is 12.2. The molecule has 0 saturated heterocycles. The summed E-state index contributed by atoms with van der Waals surface area (Å²) in [6.45, 7) is 1.55. The van der Waals surface area contributed by atoms with E-state index >= 15 is 0 Å². The van der Waals surface area contributed by atoms with Crippen molar-refractivity contribution in [2.24, 2.45) is 0 Å². The maximum atomic E-state index is 12.2. The molecule has 112 valence electrons. The smallest absolute Gasteiger partial charge is 0.326 e. The first-order valence-corrected chi connectivity index (χ1v) is 6.65. The molecule has 2 aromatic heterocycles. The number of hydrogen-bond donors (Lipinski definition) is 0. The van der Waals surface area contributed by atoms with E-state index in [-0.39, 0.29) is 18.7 Å². The van der Waals surface area contributed by atoms with Crippen LogP contribution in [0.15, 0.2) is 46.0 Å². The van der Waals surface area contributed by atoms with Gasteiger partial charge in [-0.3, -0.25) is 14.2 Å². The molecule has 0 amide bonds. The molecule has 0 aliphatic rings. The molecule has 3 rings (SSSR count). The van der Waals surface area contributed by atoms with E-state index in [0.29, 0.717) is 22.4 Å². The Hall–Kier alpha value is -2.96. The van der Waals surface area contributed by atoms with Gasteiger partial charge in [0, 0.05) is 6.07 Å². The number of ether oxygens (including phenoxy) is 1. The van der Waals surface area contributed by atoms with Crippen molar-refractivity contribution < 1.29 is 14.1 Å². The van der Waals surface area contributed by atoms with Crippen LogP contribution in [0.1, 0.15) is 11.5 Å². The molecule has 0 radical (unpaired) electrons. The molecule has 0 fully saturated rings. The Morgan fingerprint density at radius 3 is 2.95 bits per heavy atom. The van der Waals surface area contributed by atoms with Gasteiger partial charge in [-0.05, 0) is 19.1 Å². The highest BCUT2D eigenvalue weighted by atomic mass is 16.5. The third-order valence-electron chi connectivity index (χ3n) is 3.09. The lowest BCUT2D eigenvalue weighted by Crippen LogP contribution is -2.25. The third-order valence-corrected chi connectivity index (χ3v) is 3.09. The number of rotatable bonds is 4. The summed E-state index contributed by atoms with van der Waals surface area (Å²) in [7, 11) is 0. The molecule has 0 unspecified atom stereocenters. The second kappa shape index (κ2) is 5.80. The fourth-order valence-corrected chi connectivity index (χ4v) is 2.04. The van der Waals surface area contributed by atoms with Gasteiger partial charge in [0.25, 0.3) is 5.56 Å². The fourth-order valence-electron chi connectivity index (χ4n) is 2.04. The molecular formula is C15H13N3O4. The molecule has 0 aliphatic carbocycles. The Kier molecular flexibility index (Phi) is 3.69. The highest BCUT2D eigenvalue weighted by Gasteiger charge is 2.10. The van der Waals surface area contributed by atoms with Crippen molar-refractivity contribution in [2.45, 2.75) is 20.1 Å². The Morgan fingerprint density at radius 1 is 1.36 bits per heavy atom. The molecule has 2 heterocycles. The highest BCUT2D eigenvalue weighted by Crippen LogP contribution is 2.05. The number of aromatic nitrogens is 3. The average Bonchev–Trinajstić information content (AvgIpc) is 2.94. The predicted octanol–water partition coefficient (Wildman–Crippen LogP) is 1.44. The maximum Gasteiger partial charge on any atom is 0.326 e. The first kappa shape index (κ1) is 14.0.